The Morgan fingerprint density at radius 3 is 2.20 bits per heavy atom. The first kappa shape index (κ1) is 38.4. The van der Waals surface area contributed by atoms with E-state index >= 15 is 0 Å². The van der Waals surface area contributed by atoms with Gasteiger partial charge in [-0.2, -0.15) is 0 Å². The van der Waals surface area contributed by atoms with Crippen molar-refractivity contribution in [2.75, 3.05) is 40.4 Å². The van der Waals surface area contributed by atoms with Crippen LogP contribution in [-0.4, -0.2) is 135 Å². The third-order valence-electron chi connectivity index (χ3n) is 7.96. The number of aliphatic hydroxyl groups is 1. The van der Waals surface area contributed by atoms with Gasteiger partial charge in [0.05, 0.1) is 26.4 Å². The fraction of sp³-hybridized carbons (Fsp3) is 0.567. The summed E-state index contributed by atoms with van der Waals surface area (Å²) >= 11 is 0.735. The minimum atomic E-state index is -1.83. The number of methoxy groups -OCH3 is 1. The smallest absolute Gasteiger partial charge is 0.409 e. The van der Waals surface area contributed by atoms with Crippen molar-refractivity contribution in [1.82, 2.24) is 24.8 Å². The van der Waals surface area contributed by atoms with E-state index in [0.717, 1.165) is 44.3 Å². The van der Waals surface area contributed by atoms with Gasteiger partial charge in [-0.25, -0.2) is 22.6 Å². The van der Waals surface area contributed by atoms with Crippen LogP contribution in [0, 0.1) is 17.5 Å². The van der Waals surface area contributed by atoms with Gasteiger partial charge in [-0.3, -0.25) is 19.2 Å². The molecule has 274 valence electrons. The standard InChI is InChI=1S/C30H36F3N5O11S/c1-7-36(5)27(42)26(30(44)12-37(13-30)29(43)45-6)50-28-25(48-16(4)41)23(24(47-15(3)40)21(49-28)11-46-14(2)39)38-10-20(34-35-38)17-8-18(31)22(33)19(32)9-17/h8-10,21,23-26,28,44H,7,11-13H2,1-6H3/t21-,23+,24+,25-,26+,28+/m1/s1. The fourth-order valence-corrected chi connectivity index (χ4v) is 7.04. The van der Waals surface area contributed by atoms with Gasteiger partial charge in [0, 0.05) is 39.9 Å². The van der Waals surface area contributed by atoms with Gasteiger partial charge in [0.1, 0.15) is 40.7 Å². The van der Waals surface area contributed by atoms with Gasteiger partial charge in [0.15, 0.2) is 29.7 Å². The Bertz CT molecular complexity index is 1600. The minimum absolute atomic E-state index is 0.164. The molecule has 6 atom stereocenters. The molecule has 3 heterocycles. The summed E-state index contributed by atoms with van der Waals surface area (Å²) in [4.78, 5) is 65.2. The molecular weight excluding hydrogens is 695 g/mol. The first-order valence-electron chi connectivity index (χ1n) is 15.1. The van der Waals surface area contributed by atoms with E-state index in [1.54, 1.807) is 6.92 Å². The molecule has 0 spiro atoms. The van der Waals surface area contributed by atoms with Crippen LogP contribution in [0.4, 0.5) is 18.0 Å². The zero-order valence-electron chi connectivity index (χ0n) is 27.8. The maximum Gasteiger partial charge on any atom is 0.409 e. The highest BCUT2D eigenvalue weighted by molar-refractivity contribution is 8.01. The average Bonchev–Trinajstić information content (AvgIpc) is 3.52. The number of likely N-dealkylation sites (tertiary alicyclic amines) is 1. The number of aromatic nitrogens is 3. The summed E-state index contributed by atoms with van der Waals surface area (Å²) < 4.78 is 70.5. The molecular formula is C30H36F3N5O11S. The third-order valence-corrected chi connectivity index (χ3v) is 9.52. The quantitative estimate of drug-likeness (QED) is 0.199. The van der Waals surface area contributed by atoms with Crippen molar-refractivity contribution < 1.29 is 65.9 Å². The number of carbonyl (C=O) groups excluding carboxylic acids is 5. The highest BCUT2D eigenvalue weighted by atomic mass is 32.2. The van der Waals surface area contributed by atoms with Crippen LogP contribution in [0.1, 0.15) is 33.7 Å². The normalized spacial score (nSPS) is 23.2. The number of benzene rings is 1. The number of rotatable bonds is 11. The molecule has 4 rings (SSSR count). The Balaban J connectivity index is 1.84. The maximum atomic E-state index is 14.1. The minimum Gasteiger partial charge on any atom is -0.463 e. The van der Waals surface area contributed by atoms with Gasteiger partial charge >= 0.3 is 24.0 Å². The summed E-state index contributed by atoms with van der Waals surface area (Å²) in [5, 5.41) is 18.3. The molecule has 2 amide bonds. The van der Waals surface area contributed by atoms with Crippen molar-refractivity contribution in [2.45, 2.75) is 68.3 Å². The lowest BCUT2D eigenvalue weighted by Gasteiger charge is -2.51. The highest BCUT2D eigenvalue weighted by Gasteiger charge is 2.58. The van der Waals surface area contributed by atoms with Gasteiger partial charge in [0.25, 0.3) is 0 Å². The van der Waals surface area contributed by atoms with Gasteiger partial charge in [0.2, 0.25) is 5.91 Å². The van der Waals surface area contributed by atoms with Crippen molar-refractivity contribution in [2.24, 2.45) is 0 Å². The second kappa shape index (κ2) is 15.6. The lowest BCUT2D eigenvalue weighted by Crippen LogP contribution is -2.71. The first-order valence-corrected chi connectivity index (χ1v) is 16.1. The summed E-state index contributed by atoms with van der Waals surface area (Å²) in [6, 6.07) is 0.000456. The molecule has 1 aromatic heterocycles. The van der Waals surface area contributed by atoms with Crippen molar-refractivity contribution in [3.05, 3.63) is 35.8 Å². The number of hydrogen-bond acceptors (Lipinski definition) is 14. The molecule has 1 N–H and O–H groups in total. The third kappa shape index (κ3) is 8.29. The monoisotopic (exact) mass is 731 g/mol. The molecule has 16 nitrogen and oxygen atoms in total. The molecule has 0 bridgehead atoms. The van der Waals surface area contributed by atoms with Crippen molar-refractivity contribution in [1.29, 1.82) is 0 Å². The van der Waals surface area contributed by atoms with E-state index in [-0.39, 0.29) is 30.9 Å². The van der Waals surface area contributed by atoms with Gasteiger partial charge < -0.3 is 38.6 Å². The zero-order valence-corrected chi connectivity index (χ0v) is 28.6. The fourth-order valence-electron chi connectivity index (χ4n) is 5.50. The van der Waals surface area contributed by atoms with Gasteiger partial charge in [-0.05, 0) is 19.1 Å². The van der Waals surface area contributed by atoms with Crippen molar-refractivity contribution in [3.8, 4) is 11.3 Å². The molecule has 20 heteroatoms. The molecule has 0 radical (unpaired) electrons. The van der Waals surface area contributed by atoms with Crippen molar-refractivity contribution >= 4 is 41.7 Å². The molecule has 0 saturated carbocycles. The largest absolute Gasteiger partial charge is 0.463 e. The topological polar surface area (TPSA) is 189 Å². The van der Waals surface area contributed by atoms with Crippen LogP contribution in [-0.2, 0) is 42.9 Å². The van der Waals surface area contributed by atoms with Crippen LogP contribution in [0.25, 0.3) is 11.3 Å². The molecule has 50 heavy (non-hydrogen) atoms. The lowest BCUT2D eigenvalue weighted by atomic mass is 9.89. The summed E-state index contributed by atoms with van der Waals surface area (Å²) in [6.07, 6.45) is -3.81. The summed E-state index contributed by atoms with van der Waals surface area (Å²) in [5.41, 5.74) is -3.60. The average molecular weight is 732 g/mol. The number of nitrogens with zero attached hydrogens (tertiary/aromatic N) is 5. The van der Waals surface area contributed by atoms with E-state index in [9.17, 15) is 42.3 Å². The summed E-state index contributed by atoms with van der Waals surface area (Å²) in [6.45, 7) is 4.06. The Morgan fingerprint density at radius 2 is 1.66 bits per heavy atom. The van der Waals surface area contributed by atoms with Crippen LogP contribution < -0.4 is 0 Å². The van der Waals surface area contributed by atoms with Crippen LogP contribution in [0.15, 0.2) is 18.3 Å². The predicted molar refractivity (Wildman–Crippen MR) is 164 cm³/mol. The number of halogens is 3. The van der Waals surface area contributed by atoms with Crippen LogP contribution >= 0.6 is 11.8 Å². The first-order chi connectivity index (χ1) is 23.5. The number of hydrogen-bond donors (Lipinski definition) is 1. The Labute approximate surface area is 288 Å². The van der Waals surface area contributed by atoms with E-state index in [2.05, 4.69) is 10.3 Å². The molecule has 2 saturated heterocycles. The van der Waals surface area contributed by atoms with Crippen LogP contribution in [0.3, 0.4) is 0 Å². The Hall–Kier alpha value is -4.43. The molecule has 2 aromatic rings. The molecule has 1 aromatic carbocycles. The number of thioether (sulfide) groups is 1. The van der Waals surface area contributed by atoms with E-state index in [1.807, 2.05) is 0 Å². The van der Waals surface area contributed by atoms with E-state index in [1.165, 1.54) is 23.0 Å². The Morgan fingerprint density at radius 1 is 1.06 bits per heavy atom. The number of ether oxygens (including phenoxy) is 5. The van der Waals surface area contributed by atoms with Crippen LogP contribution in [0.2, 0.25) is 0 Å². The van der Waals surface area contributed by atoms with E-state index in [0.29, 0.717) is 12.1 Å². The molecule has 2 aliphatic heterocycles. The molecule has 0 aliphatic carbocycles. The van der Waals surface area contributed by atoms with Crippen LogP contribution in [0.5, 0.6) is 0 Å². The SMILES string of the molecule is CCN(C)C(=O)[C@H](S[C@@H]1O[C@H](COC(C)=O)[C@H](OC(C)=O)[C@H](n2cc(-c3cc(F)c(F)c(F)c3)nn2)[C@H]1OC(C)=O)C1(O)CN(C(=O)OC)C1. The Kier molecular flexibility index (Phi) is 12.0. The second-order valence-corrected chi connectivity index (χ2v) is 12.8. The van der Waals surface area contributed by atoms with Crippen molar-refractivity contribution in [3.63, 3.8) is 0 Å². The summed E-state index contributed by atoms with van der Waals surface area (Å²) in [7, 11) is 2.64. The highest BCUT2D eigenvalue weighted by Crippen LogP contribution is 2.44. The predicted octanol–water partition coefficient (Wildman–Crippen LogP) is 1.45. The lowest BCUT2D eigenvalue weighted by molar-refractivity contribution is -0.212. The molecule has 2 fully saturated rings. The zero-order chi connectivity index (χ0) is 37.1. The van der Waals surface area contributed by atoms with E-state index < -0.39 is 94.6 Å². The molecule has 2 aliphatic rings. The van der Waals surface area contributed by atoms with E-state index in [4.69, 9.17) is 23.7 Å². The maximum absolute atomic E-state index is 14.1. The van der Waals surface area contributed by atoms with Gasteiger partial charge in [-0.1, -0.05) is 5.21 Å². The summed E-state index contributed by atoms with van der Waals surface area (Å²) in [5.74, 6) is -7.70. The number of β-amino-alcohol motifs (C(OH)–C–C–N with tert-alkyl or cyclic N) is 1. The second-order valence-electron chi connectivity index (χ2n) is 11.6. The van der Waals surface area contributed by atoms with Gasteiger partial charge in [-0.15, -0.1) is 16.9 Å². The number of esters is 3. The number of carbonyl (C=O) groups is 5. The molecule has 0 unspecified atom stereocenters. The number of amides is 2.